The van der Waals surface area contributed by atoms with Crippen molar-refractivity contribution in [1.82, 2.24) is 9.55 Å². The molecule has 2 aromatic carbocycles. The van der Waals surface area contributed by atoms with Crippen LogP contribution >= 0.6 is 0 Å². The Hall–Kier alpha value is -3.57. The molecule has 6 nitrogen and oxygen atoms in total. The lowest BCUT2D eigenvalue weighted by Crippen LogP contribution is -2.42. The maximum atomic E-state index is 15.4. The van der Waals surface area contributed by atoms with E-state index in [4.69, 9.17) is 11.0 Å². The van der Waals surface area contributed by atoms with Gasteiger partial charge < -0.3 is 10.6 Å². The SMILES string of the molecule is N#Cc1ccc(-c2nc(N3CCC(N)CC3)c(F)c(=O)n2-c2ccc(C3CC3)cc2)cc1F. The Morgan fingerprint density at radius 3 is 2.33 bits per heavy atom. The molecule has 2 heterocycles. The van der Waals surface area contributed by atoms with Gasteiger partial charge in [-0.2, -0.15) is 9.65 Å². The topological polar surface area (TPSA) is 87.9 Å². The number of aromatic nitrogens is 2. The van der Waals surface area contributed by atoms with Gasteiger partial charge in [-0.15, -0.1) is 0 Å². The summed E-state index contributed by atoms with van der Waals surface area (Å²) in [5, 5.41) is 9.08. The van der Waals surface area contributed by atoms with E-state index in [1.54, 1.807) is 23.1 Å². The van der Waals surface area contributed by atoms with Crippen LogP contribution in [0.1, 0.15) is 42.7 Å². The summed E-state index contributed by atoms with van der Waals surface area (Å²) >= 11 is 0. The summed E-state index contributed by atoms with van der Waals surface area (Å²) in [5.74, 6) is -1.08. The number of hydrogen-bond donors (Lipinski definition) is 1. The van der Waals surface area contributed by atoms with Gasteiger partial charge in [-0.1, -0.05) is 12.1 Å². The van der Waals surface area contributed by atoms with Crippen LogP contribution in [0.4, 0.5) is 14.6 Å². The summed E-state index contributed by atoms with van der Waals surface area (Å²) < 4.78 is 31.0. The Morgan fingerprint density at radius 1 is 1.03 bits per heavy atom. The smallest absolute Gasteiger partial charge is 0.296 e. The number of nitrogens with two attached hydrogens (primary N) is 1. The third-order valence-corrected chi connectivity index (χ3v) is 6.40. The Bertz CT molecular complexity index is 1300. The van der Waals surface area contributed by atoms with E-state index in [1.165, 1.54) is 22.3 Å². The first-order chi connectivity index (χ1) is 16.0. The minimum atomic E-state index is -0.949. The molecule has 3 aromatic rings. The summed E-state index contributed by atoms with van der Waals surface area (Å²) in [6, 6.07) is 13.2. The molecule has 0 atom stereocenters. The highest BCUT2D eigenvalue weighted by Crippen LogP contribution is 2.40. The summed E-state index contributed by atoms with van der Waals surface area (Å²) in [6.07, 6.45) is 3.60. The molecule has 1 saturated carbocycles. The number of hydrogen-bond acceptors (Lipinski definition) is 5. The average molecular weight is 447 g/mol. The average Bonchev–Trinajstić information content (AvgIpc) is 3.67. The van der Waals surface area contributed by atoms with Crippen LogP contribution in [0.25, 0.3) is 17.1 Å². The van der Waals surface area contributed by atoms with Crippen molar-refractivity contribution < 1.29 is 8.78 Å². The molecule has 33 heavy (non-hydrogen) atoms. The molecule has 1 aliphatic carbocycles. The van der Waals surface area contributed by atoms with E-state index >= 15 is 4.39 Å². The third kappa shape index (κ3) is 4.00. The van der Waals surface area contributed by atoms with Crippen LogP contribution in [0.5, 0.6) is 0 Å². The van der Waals surface area contributed by atoms with Crippen molar-refractivity contribution in [2.45, 2.75) is 37.6 Å². The van der Waals surface area contributed by atoms with E-state index in [0.717, 1.165) is 18.9 Å². The molecular formula is C25H23F2N5O. The number of anilines is 1. The van der Waals surface area contributed by atoms with Crippen molar-refractivity contribution in [1.29, 1.82) is 5.26 Å². The van der Waals surface area contributed by atoms with Gasteiger partial charge in [0.25, 0.3) is 5.56 Å². The largest absolute Gasteiger partial charge is 0.354 e. The van der Waals surface area contributed by atoms with E-state index in [-0.39, 0.29) is 28.8 Å². The van der Waals surface area contributed by atoms with Crippen molar-refractivity contribution in [3.8, 4) is 23.1 Å². The molecule has 2 N–H and O–H groups in total. The second-order valence-electron chi connectivity index (χ2n) is 8.71. The van der Waals surface area contributed by atoms with Gasteiger partial charge in [0.05, 0.1) is 11.3 Å². The summed E-state index contributed by atoms with van der Waals surface area (Å²) in [7, 11) is 0. The zero-order valence-electron chi connectivity index (χ0n) is 18.0. The van der Waals surface area contributed by atoms with Crippen LogP contribution in [0, 0.1) is 23.0 Å². The minimum Gasteiger partial charge on any atom is -0.354 e. The number of nitriles is 1. The molecule has 0 spiro atoms. The fraction of sp³-hybridized carbons (Fsp3) is 0.320. The minimum absolute atomic E-state index is 0.0294. The van der Waals surface area contributed by atoms with E-state index in [9.17, 15) is 9.18 Å². The first-order valence-electron chi connectivity index (χ1n) is 11.1. The number of nitrogens with zero attached hydrogens (tertiary/aromatic N) is 4. The van der Waals surface area contributed by atoms with E-state index in [1.807, 2.05) is 12.1 Å². The van der Waals surface area contributed by atoms with E-state index in [2.05, 4.69) is 4.98 Å². The molecule has 0 bridgehead atoms. The first kappa shape index (κ1) is 21.3. The lowest BCUT2D eigenvalue weighted by Gasteiger charge is -2.31. The van der Waals surface area contributed by atoms with Crippen LogP contribution in [-0.4, -0.2) is 28.7 Å². The molecule has 2 fully saturated rings. The van der Waals surface area contributed by atoms with Crippen LogP contribution < -0.4 is 16.2 Å². The highest BCUT2D eigenvalue weighted by Gasteiger charge is 2.27. The van der Waals surface area contributed by atoms with Gasteiger partial charge in [-0.05, 0) is 67.5 Å². The monoisotopic (exact) mass is 447 g/mol. The first-order valence-corrected chi connectivity index (χ1v) is 11.1. The molecule has 5 rings (SSSR count). The van der Waals surface area contributed by atoms with Crippen molar-refractivity contribution in [2.24, 2.45) is 5.73 Å². The predicted octanol–water partition coefficient (Wildman–Crippen LogP) is 3.85. The molecule has 1 aromatic heterocycles. The van der Waals surface area contributed by atoms with E-state index < -0.39 is 17.2 Å². The Kier molecular flexibility index (Phi) is 5.43. The predicted molar refractivity (Wildman–Crippen MR) is 121 cm³/mol. The van der Waals surface area contributed by atoms with Crippen molar-refractivity contribution in [3.05, 3.63) is 75.6 Å². The second-order valence-corrected chi connectivity index (χ2v) is 8.71. The molecule has 0 amide bonds. The van der Waals surface area contributed by atoms with Crippen molar-refractivity contribution in [3.63, 3.8) is 0 Å². The lowest BCUT2D eigenvalue weighted by molar-refractivity contribution is 0.486. The fourth-order valence-electron chi connectivity index (χ4n) is 4.30. The molecule has 2 aliphatic rings. The van der Waals surface area contributed by atoms with Crippen molar-refractivity contribution in [2.75, 3.05) is 18.0 Å². The highest BCUT2D eigenvalue weighted by atomic mass is 19.1. The summed E-state index contributed by atoms with van der Waals surface area (Å²) in [5.41, 5.74) is 6.90. The van der Waals surface area contributed by atoms with Gasteiger partial charge in [-0.3, -0.25) is 9.36 Å². The van der Waals surface area contributed by atoms with Gasteiger partial charge in [-0.25, -0.2) is 9.37 Å². The Labute approximate surface area is 189 Å². The van der Waals surface area contributed by atoms with Gasteiger partial charge in [0, 0.05) is 24.7 Å². The number of rotatable bonds is 4. The molecule has 168 valence electrons. The van der Waals surface area contributed by atoms with Crippen LogP contribution in [0.2, 0.25) is 0 Å². The zero-order chi connectivity index (χ0) is 23.1. The second kappa shape index (κ2) is 8.41. The summed E-state index contributed by atoms with van der Waals surface area (Å²) in [6.45, 7) is 0.956. The van der Waals surface area contributed by atoms with Crippen molar-refractivity contribution >= 4 is 5.82 Å². The quantitative estimate of drug-likeness (QED) is 0.656. The van der Waals surface area contributed by atoms with Crippen LogP contribution in [0.15, 0.2) is 47.3 Å². The number of benzene rings is 2. The maximum Gasteiger partial charge on any atom is 0.296 e. The highest BCUT2D eigenvalue weighted by molar-refractivity contribution is 5.63. The molecule has 0 radical (unpaired) electrons. The zero-order valence-corrected chi connectivity index (χ0v) is 18.0. The normalized spacial score (nSPS) is 16.6. The van der Waals surface area contributed by atoms with E-state index in [0.29, 0.717) is 37.5 Å². The maximum absolute atomic E-state index is 15.4. The lowest BCUT2D eigenvalue weighted by atomic mass is 10.1. The molecule has 0 unspecified atom stereocenters. The standard InChI is InChI=1S/C25H23F2N5O/c26-21-13-17(3-4-18(21)14-28)23-30-24(31-11-9-19(29)10-12-31)22(27)25(33)32(23)20-7-5-16(6-8-20)15-1-2-15/h3-8,13,15,19H,1-2,9-12,29H2. The van der Waals surface area contributed by atoms with Gasteiger partial charge in [0.15, 0.2) is 5.82 Å². The molecule has 1 aliphatic heterocycles. The Balaban J connectivity index is 1.68. The summed E-state index contributed by atoms with van der Waals surface area (Å²) in [4.78, 5) is 19.5. The Morgan fingerprint density at radius 2 is 1.73 bits per heavy atom. The van der Waals surface area contributed by atoms with Gasteiger partial charge in [0.2, 0.25) is 5.82 Å². The molecule has 8 heteroatoms. The molecular weight excluding hydrogens is 424 g/mol. The number of piperidine rings is 1. The third-order valence-electron chi connectivity index (χ3n) is 6.40. The van der Waals surface area contributed by atoms with Gasteiger partial charge in [0.1, 0.15) is 17.7 Å². The fourth-order valence-corrected chi connectivity index (χ4v) is 4.30. The van der Waals surface area contributed by atoms with Gasteiger partial charge >= 0.3 is 0 Å². The van der Waals surface area contributed by atoms with Crippen LogP contribution in [0.3, 0.4) is 0 Å². The molecule has 1 saturated heterocycles. The van der Waals surface area contributed by atoms with Crippen LogP contribution in [-0.2, 0) is 0 Å². The number of halogens is 2.